The smallest absolute Gasteiger partial charge is 0.222 e. The number of aliphatic hydroxyl groups is 1. The van der Waals surface area contributed by atoms with E-state index in [2.05, 4.69) is 27.5 Å². The van der Waals surface area contributed by atoms with Gasteiger partial charge in [-0.15, -0.1) is 0 Å². The van der Waals surface area contributed by atoms with Gasteiger partial charge in [0.1, 0.15) is 0 Å². The fourth-order valence-electron chi connectivity index (χ4n) is 1.32. The Morgan fingerprint density at radius 3 is 2.67 bits per heavy atom. The summed E-state index contributed by atoms with van der Waals surface area (Å²) in [6, 6.07) is 0. The van der Waals surface area contributed by atoms with Gasteiger partial charge in [0, 0.05) is 37.6 Å². The lowest BCUT2D eigenvalue weighted by Crippen LogP contribution is -2.20. The van der Waals surface area contributed by atoms with Crippen LogP contribution in [0.4, 0.5) is 5.95 Å². The van der Waals surface area contributed by atoms with Crippen molar-refractivity contribution in [1.29, 1.82) is 0 Å². The number of aromatic nitrogens is 2. The van der Waals surface area contributed by atoms with Crippen molar-refractivity contribution in [3.05, 3.63) is 18.0 Å². The number of anilines is 1. The molecule has 0 saturated heterocycles. The van der Waals surface area contributed by atoms with Gasteiger partial charge in [0.05, 0.1) is 19.8 Å². The first kappa shape index (κ1) is 14.8. The number of hydrogen-bond donors (Lipinski definition) is 3. The summed E-state index contributed by atoms with van der Waals surface area (Å²) in [6.07, 6.45) is 4.68. The Kier molecular flexibility index (Phi) is 8.03. The van der Waals surface area contributed by atoms with Crippen LogP contribution in [0.5, 0.6) is 0 Å². The van der Waals surface area contributed by atoms with Crippen molar-refractivity contribution < 1.29 is 9.84 Å². The quantitative estimate of drug-likeness (QED) is 0.524. The van der Waals surface area contributed by atoms with Crippen LogP contribution in [0.15, 0.2) is 12.4 Å². The Morgan fingerprint density at radius 2 is 2.00 bits per heavy atom. The second-order valence-corrected chi connectivity index (χ2v) is 3.85. The monoisotopic (exact) mass is 254 g/mol. The average molecular weight is 254 g/mol. The number of ether oxygens (including phenoxy) is 1. The maximum absolute atomic E-state index is 8.52. The Bertz CT molecular complexity index is 305. The molecule has 102 valence electrons. The molecule has 0 saturated carbocycles. The lowest BCUT2D eigenvalue weighted by molar-refractivity contribution is 0.0938. The van der Waals surface area contributed by atoms with Gasteiger partial charge in [0.2, 0.25) is 5.95 Å². The molecule has 0 aliphatic rings. The highest BCUT2D eigenvalue weighted by atomic mass is 16.5. The highest BCUT2D eigenvalue weighted by Crippen LogP contribution is 1.99. The molecule has 1 aromatic heterocycles. The Hall–Kier alpha value is -1.24. The number of nitrogens with zero attached hydrogens (tertiary/aromatic N) is 2. The van der Waals surface area contributed by atoms with Crippen molar-refractivity contribution in [2.45, 2.75) is 19.9 Å². The molecule has 0 amide bonds. The number of nitrogens with one attached hydrogen (secondary N) is 2. The third-order valence-electron chi connectivity index (χ3n) is 2.23. The van der Waals surface area contributed by atoms with Crippen molar-refractivity contribution in [2.24, 2.45) is 0 Å². The van der Waals surface area contributed by atoms with E-state index in [-0.39, 0.29) is 6.61 Å². The van der Waals surface area contributed by atoms with E-state index in [0.717, 1.165) is 31.6 Å². The lowest BCUT2D eigenvalue weighted by atomic mass is 10.3. The molecular formula is C12H22N4O2. The van der Waals surface area contributed by atoms with E-state index in [9.17, 15) is 0 Å². The molecule has 0 aliphatic carbocycles. The summed E-state index contributed by atoms with van der Waals surface area (Å²) in [7, 11) is 0. The van der Waals surface area contributed by atoms with Crippen molar-refractivity contribution in [3.8, 4) is 0 Å². The molecule has 1 rings (SSSR count). The van der Waals surface area contributed by atoms with E-state index in [1.54, 1.807) is 0 Å². The van der Waals surface area contributed by atoms with Crippen LogP contribution in [0.3, 0.4) is 0 Å². The molecular weight excluding hydrogens is 232 g/mol. The standard InChI is InChI=1S/C12H22N4O2/c1-2-3-14-12-15-9-11(10-16-12)8-13-4-6-18-7-5-17/h9-10,13,17H,2-8H2,1H3,(H,14,15,16). The van der Waals surface area contributed by atoms with E-state index in [4.69, 9.17) is 9.84 Å². The Labute approximate surface area is 108 Å². The van der Waals surface area contributed by atoms with E-state index >= 15 is 0 Å². The maximum Gasteiger partial charge on any atom is 0.222 e. The van der Waals surface area contributed by atoms with E-state index in [1.165, 1.54) is 0 Å². The minimum absolute atomic E-state index is 0.0695. The summed E-state index contributed by atoms with van der Waals surface area (Å²) >= 11 is 0. The zero-order valence-corrected chi connectivity index (χ0v) is 10.9. The summed E-state index contributed by atoms with van der Waals surface area (Å²) < 4.78 is 5.13. The summed E-state index contributed by atoms with van der Waals surface area (Å²) in [6.45, 7) is 5.51. The minimum atomic E-state index is 0.0695. The summed E-state index contributed by atoms with van der Waals surface area (Å²) in [5, 5.41) is 14.9. The summed E-state index contributed by atoms with van der Waals surface area (Å²) in [4.78, 5) is 8.44. The van der Waals surface area contributed by atoms with Crippen LogP contribution in [0.25, 0.3) is 0 Å². The predicted octanol–water partition coefficient (Wildman–Crippen LogP) is 0.397. The van der Waals surface area contributed by atoms with Crippen molar-refractivity contribution in [2.75, 3.05) is 38.2 Å². The molecule has 6 nitrogen and oxygen atoms in total. The molecule has 0 aliphatic heterocycles. The van der Waals surface area contributed by atoms with Gasteiger partial charge < -0.3 is 20.5 Å². The maximum atomic E-state index is 8.52. The van der Waals surface area contributed by atoms with Crippen LogP contribution in [0.1, 0.15) is 18.9 Å². The second-order valence-electron chi connectivity index (χ2n) is 3.85. The molecule has 0 bridgehead atoms. The molecule has 0 atom stereocenters. The van der Waals surface area contributed by atoms with Gasteiger partial charge in [0.25, 0.3) is 0 Å². The van der Waals surface area contributed by atoms with Gasteiger partial charge in [-0.05, 0) is 6.42 Å². The zero-order chi connectivity index (χ0) is 13.1. The Balaban J connectivity index is 2.14. The number of aliphatic hydroxyl groups excluding tert-OH is 1. The van der Waals surface area contributed by atoms with E-state index < -0.39 is 0 Å². The van der Waals surface area contributed by atoms with Gasteiger partial charge in [-0.1, -0.05) is 6.92 Å². The van der Waals surface area contributed by atoms with Crippen LogP contribution >= 0.6 is 0 Å². The first-order valence-electron chi connectivity index (χ1n) is 6.31. The Morgan fingerprint density at radius 1 is 1.22 bits per heavy atom. The van der Waals surface area contributed by atoms with Crippen molar-refractivity contribution in [1.82, 2.24) is 15.3 Å². The van der Waals surface area contributed by atoms with Gasteiger partial charge in [-0.2, -0.15) is 0 Å². The largest absolute Gasteiger partial charge is 0.394 e. The SMILES string of the molecule is CCCNc1ncc(CNCCOCCO)cn1. The van der Waals surface area contributed by atoms with Gasteiger partial charge >= 0.3 is 0 Å². The lowest BCUT2D eigenvalue weighted by Gasteiger charge is -2.06. The van der Waals surface area contributed by atoms with Crippen LogP contribution in [-0.4, -0.2) is 48.0 Å². The molecule has 18 heavy (non-hydrogen) atoms. The molecule has 3 N–H and O–H groups in total. The molecule has 0 radical (unpaired) electrons. The summed E-state index contributed by atoms with van der Waals surface area (Å²) in [5.74, 6) is 0.673. The minimum Gasteiger partial charge on any atom is -0.394 e. The van der Waals surface area contributed by atoms with Gasteiger partial charge in [-0.3, -0.25) is 0 Å². The van der Waals surface area contributed by atoms with Crippen molar-refractivity contribution in [3.63, 3.8) is 0 Å². The zero-order valence-electron chi connectivity index (χ0n) is 10.9. The molecule has 0 spiro atoms. The number of rotatable bonds is 10. The van der Waals surface area contributed by atoms with Gasteiger partial charge in [0.15, 0.2) is 0 Å². The topological polar surface area (TPSA) is 79.3 Å². The van der Waals surface area contributed by atoms with Crippen LogP contribution in [0, 0.1) is 0 Å². The molecule has 0 fully saturated rings. The summed E-state index contributed by atoms with van der Waals surface area (Å²) in [5.41, 5.74) is 1.04. The molecule has 1 aromatic rings. The van der Waals surface area contributed by atoms with Crippen LogP contribution in [-0.2, 0) is 11.3 Å². The first-order chi connectivity index (χ1) is 8.86. The fraction of sp³-hybridized carbons (Fsp3) is 0.667. The van der Waals surface area contributed by atoms with Crippen molar-refractivity contribution >= 4 is 5.95 Å². The normalized spacial score (nSPS) is 10.6. The predicted molar refractivity (Wildman–Crippen MR) is 70.4 cm³/mol. The third kappa shape index (κ3) is 6.48. The van der Waals surface area contributed by atoms with Gasteiger partial charge in [-0.25, -0.2) is 9.97 Å². The van der Waals surface area contributed by atoms with Crippen LogP contribution < -0.4 is 10.6 Å². The number of hydrogen-bond acceptors (Lipinski definition) is 6. The van der Waals surface area contributed by atoms with E-state index in [0.29, 0.717) is 19.2 Å². The average Bonchev–Trinajstić information content (AvgIpc) is 2.42. The first-order valence-corrected chi connectivity index (χ1v) is 6.31. The molecule has 0 aromatic carbocycles. The van der Waals surface area contributed by atoms with Crippen LogP contribution in [0.2, 0.25) is 0 Å². The molecule has 0 unspecified atom stereocenters. The third-order valence-corrected chi connectivity index (χ3v) is 2.23. The van der Waals surface area contributed by atoms with E-state index in [1.807, 2.05) is 12.4 Å². The highest BCUT2D eigenvalue weighted by molar-refractivity contribution is 5.24. The highest BCUT2D eigenvalue weighted by Gasteiger charge is 1.96. The molecule has 6 heteroatoms. The fourth-order valence-corrected chi connectivity index (χ4v) is 1.32. The second kappa shape index (κ2) is 9.76. The molecule has 1 heterocycles.